The zero-order valence-electron chi connectivity index (χ0n) is 12.4. The average Bonchev–Trinajstić information content (AvgIpc) is 2.96. The van der Waals surface area contributed by atoms with Crippen LogP contribution in [0, 0.1) is 0 Å². The molecule has 0 aliphatic rings. The third-order valence-corrected chi connectivity index (χ3v) is 3.02. The fourth-order valence-electron chi connectivity index (χ4n) is 2.00. The first-order valence-corrected chi connectivity index (χ1v) is 6.84. The van der Waals surface area contributed by atoms with E-state index in [4.69, 9.17) is 4.74 Å². The summed E-state index contributed by atoms with van der Waals surface area (Å²) in [5.74, 6) is 0.949. The Kier molecular flexibility index (Phi) is 4.86. The molecule has 0 saturated heterocycles. The highest BCUT2D eigenvalue weighted by atomic mass is 16.5. The van der Waals surface area contributed by atoms with Crippen molar-refractivity contribution in [1.29, 1.82) is 0 Å². The van der Waals surface area contributed by atoms with Gasteiger partial charge >= 0.3 is 0 Å². The number of ether oxygens (including phenoxy) is 1. The molecule has 2 aromatic rings. The molecule has 0 spiro atoms. The van der Waals surface area contributed by atoms with Crippen molar-refractivity contribution >= 4 is 5.91 Å². The summed E-state index contributed by atoms with van der Waals surface area (Å²) in [7, 11) is 1.51. The van der Waals surface area contributed by atoms with E-state index in [1.165, 1.54) is 19.6 Å². The van der Waals surface area contributed by atoms with Crippen LogP contribution in [0.25, 0.3) is 0 Å². The Morgan fingerprint density at radius 2 is 2.29 bits per heavy atom. The lowest BCUT2D eigenvalue weighted by Crippen LogP contribution is -2.29. The van der Waals surface area contributed by atoms with Gasteiger partial charge in [0.2, 0.25) is 5.88 Å². The molecule has 0 saturated carbocycles. The van der Waals surface area contributed by atoms with E-state index in [9.17, 15) is 4.79 Å². The third kappa shape index (κ3) is 3.56. The van der Waals surface area contributed by atoms with Gasteiger partial charge in [0, 0.05) is 24.4 Å². The molecular weight excluding hydrogens is 270 g/mol. The number of hydrogen-bond acceptors (Lipinski definition) is 5. The number of aromatic nitrogens is 4. The summed E-state index contributed by atoms with van der Waals surface area (Å²) >= 11 is 0. The van der Waals surface area contributed by atoms with E-state index in [1.54, 1.807) is 16.8 Å². The van der Waals surface area contributed by atoms with Crippen LogP contribution in [0.1, 0.15) is 42.5 Å². The number of carbonyl (C=O) groups is 1. The fraction of sp³-hybridized carbons (Fsp3) is 0.429. The van der Waals surface area contributed by atoms with Gasteiger partial charge in [-0.3, -0.25) is 4.79 Å². The van der Waals surface area contributed by atoms with E-state index in [2.05, 4.69) is 27.3 Å². The molecule has 112 valence electrons. The van der Waals surface area contributed by atoms with Gasteiger partial charge in [-0.05, 0) is 19.4 Å². The van der Waals surface area contributed by atoms with Crippen LogP contribution in [0.3, 0.4) is 0 Å². The maximum Gasteiger partial charge on any atom is 0.252 e. The molecule has 1 N–H and O–H groups in total. The number of rotatable bonds is 6. The van der Waals surface area contributed by atoms with Gasteiger partial charge in [0.25, 0.3) is 5.91 Å². The lowest BCUT2D eigenvalue weighted by Gasteiger charge is -2.14. The summed E-state index contributed by atoms with van der Waals surface area (Å²) in [6.07, 6.45) is 4.00. The van der Waals surface area contributed by atoms with Crippen molar-refractivity contribution in [3.05, 3.63) is 36.0 Å². The number of pyridine rings is 1. The van der Waals surface area contributed by atoms with Gasteiger partial charge < -0.3 is 10.1 Å². The summed E-state index contributed by atoms with van der Waals surface area (Å²) in [4.78, 5) is 20.4. The van der Waals surface area contributed by atoms with E-state index in [0.717, 1.165) is 18.8 Å². The lowest BCUT2D eigenvalue weighted by molar-refractivity contribution is 0.0937. The molecule has 0 bridgehead atoms. The Morgan fingerprint density at radius 1 is 1.48 bits per heavy atom. The molecule has 0 radical (unpaired) electrons. The zero-order chi connectivity index (χ0) is 15.2. The minimum Gasteiger partial charge on any atom is -0.481 e. The summed E-state index contributed by atoms with van der Waals surface area (Å²) in [6, 6.07) is 3.01. The molecule has 0 aromatic carbocycles. The molecule has 0 unspecified atom stereocenters. The Morgan fingerprint density at radius 3 is 3.00 bits per heavy atom. The van der Waals surface area contributed by atoms with Gasteiger partial charge in [0.05, 0.1) is 13.2 Å². The Hall–Kier alpha value is -2.44. The lowest BCUT2D eigenvalue weighted by atomic mass is 10.2. The second-order valence-corrected chi connectivity index (χ2v) is 4.62. The molecule has 7 nitrogen and oxygen atoms in total. The molecule has 0 aliphatic carbocycles. The Balaban J connectivity index is 2.09. The van der Waals surface area contributed by atoms with E-state index >= 15 is 0 Å². The number of methoxy groups -OCH3 is 1. The van der Waals surface area contributed by atoms with Crippen LogP contribution >= 0.6 is 0 Å². The van der Waals surface area contributed by atoms with E-state index < -0.39 is 0 Å². The number of hydrogen-bond donors (Lipinski definition) is 1. The first-order valence-electron chi connectivity index (χ1n) is 6.84. The van der Waals surface area contributed by atoms with Crippen molar-refractivity contribution < 1.29 is 9.53 Å². The van der Waals surface area contributed by atoms with Crippen LogP contribution in [0.15, 0.2) is 24.7 Å². The second kappa shape index (κ2) is 6.83. The molecule has 0 fully saturated rings. The van der Waals surface area contributed by atoms with Crippen LogP contribution < -0.4 is 10.1 Å². The van der Waals surface area contributed by atoms with Gasteiger partial charge in [0.15, 0.2) is 0 Å². The Bertz CT molecular complexity index is 611. The van der Waals surface area contributed by atoms with Crippen molar-refractivity contribution in [3.8, 4) is 5.88 Å². The predicted molar refractivity (Wildman–Crippen MR) is 77.0 cm³/mol. The minimum absolute atomic E-state index is 0.200. The first-order chi connectivity index (χ1) is 10.2. The van der Waals surface area contributed by atoms with Crippen LogP contribution in [0.4, 0.5) is 0 Å². The van der Waals surface area contributed by atoms with Crippen molar-refractivity contribution in [2.75, 3.05) is 7.11 Å². The minimum atomic E-state index is -0.231. The van der Waals surface area contributed by atoms with Crippen molar-refractivity contribution in [2.24, 2.45) is 0 Å². The highest BCUT2D eigenvalue weighted by molar-refractivity contribution is 5.94. The van der Waals surface area contributed by atoms with Crippen LogP contribution in [0.5, 0.6) is 5.88 Å². The summed E-state index contributed by atoms with van der Waals surface area (Å²) < 4.78 is 6.82. The zero-order valence-corrected chi connectivity index (χ0v) is 12.4. The van der Waals surface area contributed by atoms with Crippen molar-refractivity contribution in [1.82, 2.24) is 25.1 Å². The molecule has 2 heterocycles. The largest absolute Gasteiger partial charge is 0.481 e. The number of nitrogens with one attached hydrogen (secondary N) is 1. The first kappa shape index (κ1) is 15.0. The molecule has 2 aromatic heterocycles. The highest BCUT2D eigenvalue weighted by Crippen LogP contribution is 2.12. The van der Waals surface area contributed by atoms with E-state index in [1.807, 2.05) is 6.92 Å². The van der Waals surface area contributed by atoms with Crippen molar-refractivity contribution in [2.45, 2.75) is 32.9 Å². The third-order valence-electron chi connectivity index (χ3n) is 3.02. The highest BCUT2D eigenvalue weighted by Gasteiger charge is 2.16. The van der Waals surface area contributed by atoms with Gasteiger partial charge in [-0.1, -0.05) is 6.92 Å². The number of nitrogens with zero attached hydrogens (tertiary/aromatic N) is 4. The number of carbonyl (C=O) groups excluding carboxylic acids is 1. The summed E-state index contributed by atoms with van der Waals surface area (Å²) in [5.41, 5.74) is 0.496. The van der Waals surface area contributed by atoms with Crippen LogP contribution in [-0.4, -0.2) is 32.8 Å². The molecule has 1 amide bonds. The number of amides is 1. The van der Waals surface area contributed by atoms with Gasteiger partial charge in [-0.15, -0.1) is 0 Å². The molecule has 7 heteroatoms. The number of aryl methyl sites for hydroxylation is 1. The SMILES string of the molecule is CCCn1ncnc1[C@@H](C)NC(=O)c1ccnc(OC)c1. The van der Waals surface area contributed by atoms with Gasteiger partial charge in [-0.2, -0.15) is 5.10 Å². The molecule has 2 rings (SSSR count). The fourth-order valence-corrected chi connectivity index (χ4v) is 2.00. The summed E-state index contributed by atoms with van der Waals surface area (Å²) in [5, 5.41) is 7.06. The predicted octanol–water partition coefficient (Wildman–Crippen LogP) is 1.58. The van der Waals surface area contributed by atoms with Crippen molar-refractivity contribution in [3.63, 3.8) is 0 Å². The molecule has 1 atom stereocenters. The monoisotopic (exact) mass is 289 g/mol. The molecule has 0 aliphatic heterocycles. The van der Waals surface area contributed by atoms with Crippen LogP contribution in [-0.2, 0) is 6.54 Å². The Labute approximate surface area is 123 Å². The van der Waals surface area contributed by atoms with Crippen LogP contribution in [0.2, 0.25) is 0 Å². The van der Waals surface area contributed by atoms with Gasteiger partial charge in [0.1, 0.15) is 12.2 Å². The standard InChI is InChI=1S/C14H19N5O2/c1-4-7-19-13(16-9-17-19)10(2)18-14(20)11-5-6-15-12(8-11)21-3/h5-6,8-10H,4,7H2,1-3H3,(H,18,20)/t10-/m1/s1. The quantitative estimate of drug-likeness (QED) is 0.873. The summed E-state index contributed by atoms with van der Waals surface area (Å²) in [6.45, 7) is 4.73. The van der Waals surface area contributed by atoms with E-state index in [-0.39, 0.29) is 11.9 Å². The molecular formula is C14H19N5O2. The average molecular weight is 289 g/mol. The van der Waals surface area contributed by atoms with Gasteiger partial charge in [-0.25, -0.2) is 14.6 Å². The maximum absolute atomic E-state index is 12.2. The molecule has 21 heavy (non-hydrogen) atoms. The maximum atomic E-state index is 12.2. The topological polar surface area (TPSA) is 81.9 Å². The smallest absolute Gasteiger partial charge is 0.252 e. The second-order valence-electron chi connectivity index (χ2n) is 4.62. The normalized spacial score (nSPS) is 12.0. The van der Waals surface area contributed by atoms with E-state index in [0.29, 0.717) is 11.4 Å².